The van der Waals surface area contributed by atoms with Crippen LogP contribution in [0.5, 0.6) is 0 Å². The van der Waals surface area contributed by atoms with Crippen LogP contribution in [0.25, 0.3) is 0 Å². The van der Waals surface area contributed by atoms with Crippen molar-refractivity contribution < 1.29 is 9.53 Å². The normalized spacial score (nSPS) is 18.9. The summed E-state index contributed by atoms with van der Waals surface area (Å²) in [6.07, 6.45) is 6.41. The van der Waals surface area contributed by atoms with E-state index in [9.17, 15) is 10.1 Å². The summed E-state index contributed by atoms with van der Waals surface area (Å²) in [7, 11) is 0. The Balaban J connectivity index is 1.66. The van der Waals surface area contributed by atoms with Crippen LogP contribution in [-0.2, 0) is 22.4 Å². The second-order valence-electron chi connectivity index (χ2n) is 6.73. The van der Waals surface area contributed by atoms with Crippen LogP contribution in [0.4, 0.5) is 0 Å². The smallest absolute Gasteiger partial charge is 0.263 e. The van der Waals surface area contributed by atoms with Crippen molar-refractivity contribution >= 4 is 5.91 Å². The molecule has 1 N–H and O–H groups in total. The van der Waals surface area contributed by atoms with E-state index < -0.39 is 0 Å². The second-order valence-corrected chi connectivity index (χ2v) is 6.73. The molecule has 1 heterocycles. The lowest BCUT2D eigenvalue weighted by molar-refractivity contribution is -0.117. The largest absolute Gasteiger partial charge is 0.378 e. The molecule has 0 aromatic heterocycles. The lowest BCUT2D eigenvalue weighted by Gasteiger charge is -2.25. The number of nitrogens with zero attached hydrogens (tertiary/aromatic N) is 2. The molecule has 5 heteroatoms. The lowest BCUT2D eigenvalue weighted by atomic mass is 9.89. The van der Waals surface area contributed by atoms with E-state index in [1.54, 1.807) is 6.20 Å². The van der Waals surface area contributed by atoms with Gasteiger partial charge in [-0.1, -0.05) is 18.2 Å². The highest BCUT2D eigenvalue weighted by Gasteiger charge is 2.17. The van der Waals surface area contributed by atoms with Gasteiger partial charge in [0, 0.05) is 19.3 Å². The maximum atomic E-state index is 12.5. The van der Waals surface area contributed by atoms with Crippen LogP contribution >= 0.6 is 0 Å². The number of carbonyl (C=O) groups excluding carboxylic acids is 1. The zero-order valence-electron chi connectivity index (χ0n) is 14.8. The third-order valence-electron chi connectivity index (χ3n) is 4.94. The third-order valence-corrected chi connectivity index (χ3v) is 4.94. The van der Waals surface area contributed by atoms with Crippen molar-refractivity contribution in [2.75, 3.05) is 26.3 Å². The quantitative estimate of drug-likeness (QED) is 0.676. The monoisotopic (exact) mass is 339 g/mol. The highest BCUT2D eigenvalue weighted by atomic mass is 16.5. The van der Waals surface area contributed by atoms with Gasteiger partial charge in [-0.25, -0.2) is 0 Å². The van der Waals surface area contributed by atoms with E-state index in [1.807, 2.05) is 17.9 Å². The van der Waals surface area contributed by atoms with Gasteiger partial charge in [0.25, 0.3) is 5.91 Å². The first-order valence-electron chi connectivity index (χ1n) is 9.03. The molecule has 0 spiro atoms. The molecule has 1 aromatic carbocycles. The van der Waals surface area contributed by atoms with Crippen LogP contribution in [-0.4, -0.2) is 37.1 Å². The van der Waals surface area contributed by atoms with E-state index in [0.29, 0.717) is 26.3 Å². The number of aryl methyl sites for hydroxylation is 2. The number of nitrogens with one attached hydrogen (secondary N) is 1. The fourth-order valence-corrected chi connectivity index (χ4v) is 3.41. The standard InChI is InChI=1S/C20H25N3O2/c1-15(17-7-6-16-4-2-3-5-18(16)12-17)22-20(24)19(13-21)14-23-8-10-25-11-9-23/h6-7,12,14-15H,2-5,8-11H2,1H3,(H,22,24)/b19-14-. The van der Waals surface area contributed by atoms with Crippen LogP contribution in [0.15, 0.2) is 30.0 Å². The van der Waals surface area contributed by atoms with Crippen LogP contribution in [0, 0.1) is 11.3 Å². The summed E-state index contributed by atoms with van der Waals surface area (Å²) in [6.45, 7) is 4.63. The summed E-state index contributed by atoms with van der Waals surface area (Å²) in [5.41, 5.74) is 4.07. The van der Waals surface area contributed by atoms with Gasteiger partial charge in [0.2, 0.25) is 0 Å². The Morgan fingerprint density at radius 3 is 2.72 bits per heavy atom. The molecule has 0 saturated carbocycles. The van der Waals surface area contributed by atoms with Crippen molar-refractivity contribution in [2.24, 2.45) is 0 Å². The van der Waals surface area contributed by atoms with Crippen molar-refractivity contribution in [1.82, 2.24) is 10.2 Å². The lowest BCUT2D eigenvalue weighted by Crippen LogP contribution is -2.34. The summed E-state index contributed by atoms with van der Waals surface area (Å²) in [5.74, 6) is -0.320. The molecule has 1 aromatic rings. The topological polar surface area (TPSA) is 65.4 Å². The minimum atomic E-state index is -0.320. The predicted molar refractivity (Wildman–Crippen MR) is 95.7 cm³/mol. The van der Waals surface area contributed by atoms with Gasteiger partial charge in [0.1, 0.15) is 11.6 Å². The molecule has 0 radical (unpaired) electrons. The van der Waals surface area contributed by atoms with Crippen molar-refractivity contribution in [3.63, 3.8) is 0 Å². The number of amides is 1. The number of morpholine rings is 1. The van der Waals surface area contributed by atoms with Crippen LogP contribution in [0.1, 0.15) is 42.5 Å². The van der Waals surface area contributed by atoms with Gasteiger partial charge in [0.15, 0.2) is 0 Å². The molecule has 1 aliphatic heterocycles. The Morgan fingerprint density at radius 2 is 2.00 bits per heavy atom. The van der Waals surface area contributed by atoms with E-state index in [1.165, 1.54) is 24.0 Å². The number of benzene rings is 1. The van der Waals surface area contributed by atoms with E-state index in [4.69, 9.17) is 4.74 Å². The van der Waals surface area contributed by atoms with Gasteiger partial charge >= 0.3 is 0 Å². The molecule has 132 valence electrons. The number of ether oxygens (including phenoxy) is 1. The van der Waals surface area contributed by atoms with Gasteiger partial charge in [-0.2, -0.15) is 5.26 Å². The molecule has 1 atom stereocenters. The third kappa shape index (κ3) is 4.40. The van der Waals surface area contributed by atoms with Gasteiger partial charge in [0.05, 0.1) is 19.3 Å². The predicted octanol–water partition coefficient (Wildman–Crippen LogP) is 2.48. The Bertz CT molecular complexity index is 699. The van der Waals surface area contributed by atoms with Crippen LogP contribution in [0.3, 0.4) is 0 Å². The summed E-state index contributed by atoms with van der Waals surface area (Å²) < 4.78 is 5.29. The van der Waals surface area contributed by atoms with Gasteiger partial charge in [-0.15, -0.1) is 0 Å². The molecule has 0 bridgehead atoms. The van der Waals surface area contributed by atoms with Crippen LogP contribution in [0.2, 0.25) is 0 Å². The SMILES string of the molecule is CC(NC(=O)/C(C#N)=C\N1CCOCC1)c1ccc2c(c1)CCCC2. The van der Waals surface area contributed by atoms with Crippen molar-refractivity contribution in [3.8, 4) is 6.07 Å². The number of hydrogen-bond donors (Lipinski definition) is 1. The van der Waals surface area contributed by atoms with E-state index >= 15 is 0 Å². The summed E-state index contributed by atoms with van der Waals surface area (Å²) in [6, 6.07) is 8.38. The van der Waals surface area contributed by atoms with Gasteiger partial charge in [-0.3, -0.25) is 4.79 Å². The summed E-state index contributed by atoms with van der Waals surface area (Å²) in [5, 5.41) is 12.3. The summed E-state index contributed by atoms with van der Waals surface area (Å²) in [4.78, 5) is 14.4. The minimum absolute atomic E-state index is 0.124. The molecule has 1 fully saturated rings. The Morgan fingerprint density at radius 1 is 1.28 bits per heavy atom. The van der Waals surface area contributed by atoms with Crippen molar-refractivity contribution in [1.29, 1.82) is 5.26 Å². The average molecular weight is 339 g/mol. The number of carbonyl (C=O) groups is 1. The van der Waals surface area contributed by atoms with Gasteiger partial charge in [-0.05, 0) is 49.3 Å². The average Bonchev–Trinajstić information content (AvgIpc) is 2.66. The molecule has 1 unspecified atom stereocenters. The number of rotatable bonds is 4. The second kappa shape index (κ2) is 8.17. The molecular formula is C20H25N3O2. The molecule has 3 rings (SSSR count). The number of nitriles is 1. The Kier molecular flexibility index (Phi) is 5.72. The van der Waals surface area contributed by atoms with Crippen LogP contribution < -0.4 is 5.32 Å². The van der Waals surface area contributed by atoms with Gasteiger partial charge < -0.3 is 15.0 Å². The molecule has 25 heavy (non-hydrogen) atoms. The molecule has 5 nitrogen and oxygen atoms in total. The highest BCUT2D eigenvalue weighted by Crippen LogP contribution is 2.24. The van der Waals surface area contributed by atoms with E-state index in [2.05, 4.69) is 23.5 Å². The fraction of sp³-hybridized carbons (Fsp3) is 0.500. The minimum Gasteiger partial charge on any atom is -0.378 e. The van der Waals surface area contributed by atoms with Crippen molar-refractivity contribution in [2.45, 2.75) is 38.6 Å². The van der Waals surface area contributed by atoms with Crippen molar-refractivity contribution in [3.05, 3.63) is 46.7 Å². The Labute approximate surface area is 149 Å². The Hall–Kier alpha value is -2.32. The van der Waals surface area contributed by atoms with E-state index in [0.717, 1.165) is 18.4 Å². The molecule has 1 amide bonds. The molecule has 1 saturated heterocycles. The maximum Gasteiger partial charge on any atom is 0.263 e. The zero-order valence-corrected chi connectivity index (χ0v) is 14.8. The fourth-order valence-electron chi connectivity index (χ4n) is 3.41. The molecule has 2 aliphatic rings. The van der Waals surface area contributed by atoms with E-state index in [-0.39, 0.29) is 17.5 Å². The molecule has 1 aliphatic carbocycles. The highest BCUT2D eigenvalue weighted by molar-refractivity contribution is 5.97. The number of hydrogen-bond acceptors (Lipinski definition) is 4. The first-order valence-corrected chi connectivity index (χ1v) is 9.03. The summed E-state index contributed by atoms with van der Waals surface area (Å²) >= 11 is 0. The number of fused-ring (bicyclic) bond motifs is 1. The zero-order chi connectivity index (χ0) is 17.6. The first kappa shape index (κ1) is 17.5. The first-order chi connectivity index (χ1) is 12.2. The maximum absolute atomic E-state index is 12.5. The molecular weight excluding hydrogens is 314 g/mol.